The van der Waals surface area contributed by atoms with E-state index in [1.165, 1.54) is 13.2 Å². The van der Waals surface area contributed by atoms with Crippen LogP contribution in [0.2, 0.25) is 0 Å². The van der Waals surface area contributed by atoms with Crippen LogP contribution in [0, 0.1) is 6.92 Å². The lowest BCUT2D eigenvalue weighted by molar-refractivity contribution is -0.137. The summed E-state index contributed by atoms with van der Waals surface area (Å²) in [4.78, 5) is 10.7. The Balaban J connectivity index is 3.06. The molecule has 6 nitrogen and oxygen atoms in total. The van der Waals surface area contributed by atoms with E-state index in [9.17, 15) is 13.2 Å². The number of methoxy groups -OCH3 is 1. The molecule has 21 heavy (non-hydrogen) atoms. The van der Waals surface area contributed by atoms with Crippen LogP contribution in [0.1, 0.15) is 32.3 Å². The van der Waals surface area contributed by atoms with Crippen molar-refractivity contribution in [2.75, 3.05) is 7.11 Å². The highest BCUT2D eigenvalue weighted by molar-refractivity contribution is 7.89. The van der Waals surface area contributed by atoms with Crippen molar-refractivity contribution >= 4 is 16.0 Å². The van der Waals surface area contributed by atoms with Crippen molar-refractivity contribution < 1.29 is 23.1 Å². The predicted octanol–water partition coefficient (Wildman–Crippen LogP) is 1.93. The molecule has 0 spiro atoms. The molecular formula is C14H21NO5S. The molecule has 0 aliphatic rings. The molecule has 1 aromatic rings. The summed E-state index contributed by atoms with van der Waals surface area (Å²) in [5, 5.41) is 8.71. The molecule has 2 N–H and O–H groups in total. The van der Waals surface area contributed by atoms with Gasteiger partial charge in [-0.15, -0.1) is 0 Å². The lowest BCUT2D eigenvalue weighted by Crippen LogP contribution is -2.43. The summed E-state index contributed by atoms with van der Waals surface area (Å²) in [6, 6.07) is 4.87. The van der Waals surface area contributed by atoms with Gasteiger partial charge in [-0.25, -0.2) is 13.1 Å². The van der Waals surface area contributed by atoms with Crippen LogP contribution in [0.25, 0.3) is 0 Å². The maximum Gasteiger partial charge on any atom is 0.303 e. The Morgan fingerprint density at radius 2 is 2.00 bits per heavy atom. The summed E-state index contributed by atoms with van der Waals surface area (Å²) in [5.41, 5.74) is -0.0778. The summed E-state index contributed by atoms with van der Waals surface area (Å²) < 4.78 is 32.6. The zero-order chi connectivity index (χ0) is 16.3. The maximum atomic E-state index is 12.5. The molecule has 0 fully saturated rings. The molecule has 118 valence electrons. The van der Waals surface area contributed by atoms with E-state index in [1.807, 2.05) is 0 Å². The fraction of sp³-hybridized carbons (Fsp3) is 0.500. The Kier molecular flexibility index (Phi) is 5.36. The van der Waals surface area contributed by atoms with Gasteiger partial charge in [0.15, 0.2) is 0 Å². The van der Waals surface area contributed by atoms with Crippen molar-refractivity contribution in [3.8, 4) is 5.75 Å². The maximum absolute atomic E-state index is 12.5. The fourth-order valence-corrected chi connectivity index (χ4v) is 3.58. The number of hydrogen-bond acceptors (Lipinski definition) is 4. The lowest BCUT2D eigenvalue weighted by Gasteiger charge is -2.25. The van der Waals surface area contributed by atoms with Crippen LogP contribution in [0.4, 0.5) is 0 Å². The van der Waals surface area contributed by atoms with Crippen molar-refractivity contribution in [1.82, 2.24) is 4.72 Å². The summed E-state index contributed by atoms with van der Waals surface area (Å²) in [6.07, 6.45) is 0.0795. The van der Waals surface area contributed by atoms with Crippen LogP contribution in [0.15, 0.2) is 23.1 Å². The Morgan fingerprint density at radius 3 is 2.52 bits per heavy atom. The van der Waals surface area contributed by atoms with Gasteiger partial charge in [0.05, 0.1) is 7.11 Å². The van der Waals surface area contributed by atoms with Crippen molar-refractivity contribution in [1.29, 1.82) is 0 Å². The van der Waals surface area contributed by atoms with Gasteiger partial charge in [0.1, 0.15) is 10.6 Å². The number of carbonyl (C=O) groups is 1. The van der Waals surface area contributed by atoms with E-state index in [2.05, 4.69) is 4.72 Å². The average Bonchev–Trinajstić information content (AvgIpc) is 2.35. The third-order valence-electron chi connectivity index (χ3n) is 2.98. The van der Waals surface area contributed by atoms with Gasteiger partial charge in [0.25, 0.3) is 0 Å². The molecule has 0 saturated carbocycles. The second-order valence-corrected chi connectivity index (χ2v) is 7.19. The normalized spacial score (nSPS) is 12.2. The molecule has 0 saturated heterocycles. The van der Waals surface area contributed by atoms with E-state index in [0.29, 0.717) is 0 Å². The molecule has 0 bridgehead atoms. The number of aryl methyl sites for hydroxylation is 1. The molecule has 0 heterocycles. The van der Waals surface area contributed by atoms with Crippen molar-refractivity contribution in [3.05, 3.63) is 23.8 Å². The zero-order valence-corrected chi connectivity index (χ0v) is 13.5. The number of hydrogen-bond donors (Lipinski definition) is 2. The van der Waals surface area contributed by atoms with Crippen LogP contribution in [0.3, 0.4) is 0 Å². The molecule has 0 unspecified atom stereocenters. The first-order valence-corrected chi connectivity index (χ1v) is 7.96. The fourth-order valence-electron chi connectivity index (χ4n) is 1.88. The lowest BCUT2D eigenvalue weighted by atomic mass is 10.0. The largest absolute Gasteiger partial charge is 0.495 e. The zero-order valence-electron chi connectivity index (χ0n) is 12.6. The van der Waals surface area contributed by atoms with Crippen molar-refractivity contribution in [2.45, 2.75) is 44.0 Å². The molecular weight excluding hydrogens is 294 g/mol. The SMILES string of the molecule is COc1ccc(C)cc1S(=O)(=O)NC(C)(C)CCC(=O)O. The van der Waals surface area contributed by atoms with E-state index >= 15 is 0 Å². The number of carboxylic acids is 1. The highest BCUT2D eigenvalue weighted by Gasteiger charge is 2.28. The monoisotopic (exact) mass is 315 g/mol. The van der Waals surface area contributed by atoms with E-state index in [1.54, 1.807) is 32.9 Å². The van der Waals surface area contributed by atoms with Gasteiger partial charge < -0.3 is 9.84 Å². The van der Waals surface area contributed by atoms with Crippen LogP contribution in [-0.4, -0.2) is 32.1 Å². The topological polar surface area (TPSA) is 92.7 Å². The van der Waals surface area contributed by atoms with Gasteiger partial charge in [-0.05, 0) is 44.9 Å². The number of carboxylic acid groups (broad SMARTS) is 1. The van der Waals surface area contributed by atoms with Crippen molar-refractivity contribution in [2.24, 2.45) is 0 Å². The van der Waals surface area contributed by atoms with Gasteiger partial charge in [0.2, 0.25) is 10.0 Å². The second-order valence-electron chi connectivity index (χ2n) is 5.54. The Labute approximate surface area is 125 Å². The number of benzene rings is 1. The first kappa shape index (κ1) is 17.5. The predicted molar refractivity (Wildman–Crippen MR) is 79.0 cm³/mol. The molecule has 1 rings (SSSR count). The summed E-state index contributed by atoms with van der Waals surface area (Å²) >= 11 is 0. The molecule has 0 aliphatic heterocycles. The Morgan fingerprint density at radius 1 is 1.38 bits per heavy atom. The van der Waals surface area contributed by atoms with Crippen LogP contribution >= 0.6 is 0 Å². The van der Waals surface area contributed by atoms with Gasteiger partial charge in [-0.1, -0.05) is 6.07 Å². The number of nitrogens with one attached hydrogen (secondary N) is 1. The number of rotatable bonds is 7. The standard InChI is InChI=1S/C14H21NO5S/c1-10-5-6-11(20-4)12(9-10)21(18,19)15-14(2,3)8-7-13(16)17/h5-6,9,15H,7-8H2,1-4H3,(H,16,17). The Hall–Kier alpha value is -1.60. The smallest absolute Gasteiger partial charge is 0.303 e. The van der Waals surface area contributed by atoms with E-state index in [0.717, 1.165) is 5.56 Å². The molecule has 0 atom stereocenters. The first-order valence-electron chi connectivity index (χ1n) is 6.48. The van der Waals surface area contributed by atoms with Crippen molar-refractivity contribution in [3.63, 3.8) is 0 Å². The molecule has 0 radical (unpaired) electrons. The molecule has 0 amide bonds. The van der Waals surface area contributed by atoms with Crippen LogP contribution in [0.5, 0.6) is 5.75 Å². The molecule has 1 aromatic carbocycles. The minimum absolute atomic E-state index is 0.0494. The molecule has 0 aromatic heterocycles. The number of aliphatic carboxylic acids is 1. The molecule has 7 heteroatoms. The van der Waals surface area contributed by atoms with E-state index < -0.39 is 21.5 Å². The number of ether oxygens (including phenoxy) is 1. The van der Waals surface area contributed by atoms with Gasteiger partial charge >= 0.3 is 5.97 Å². The summed E-state index contributed by atoms with van der Waals surface area (Å²) in [6.45, 7) is 5.08. The van der Waals surface area contributed by atoms with Gasteiger partial charge in [0, 0.05) is 12.0 Å². The highest BCUT2D eigenvalue weighted by atomic mass is 32.2. The van der Waals surface area contributed by atoms with Gasteiger partial charge in [-0.3, -0.25) is 4.79 Å². The first-order chi connectivity index (χ1) is 9.57. The second kappa shape index (κ2) is 6.44. The number of sulfonamides is 1. The third-order valence-corrected chi connectivity index (χ3v) is 4.70. The minimum Gasteiger partial charge on any atom is -0.495 e. The van der Waals surface area contributed by atoms with E-state index in [-0.39, 0.29) is 23.5 Å². The third kappa shape index (κ3) is 5.02. The summed E-state index contributed by atoms with van der Waals surface area (Å²) in [5.74, 6) is -0.711. The highest BCUT2D eigenvalue weighted by Crippen LogP contribution is 2.26. The van der Waals surface area contributed by atoms with Crippen LogP contribution < -0.4 is 9.46 Å². The minimum atomic E-state index is -3.80. The summed E-state index contributed by atoms with van der Waals surface area (Å²) in [7, 11) is -2.40. The van der Waals surface area contributed by atoms with E-state index in [4.69, 9.17) is 9.84 Å². The van der Waals surface area contributed by atoms with Crippen LogP contribution in [-0.2, 0) is 14.8 Å². The average molecular weight is 315 g/mol. The molecule has 0 aliphatic carbocycles. The Bertz CT molecular complexity index is 622. The van der Waals surface area contributed by atoms with Gasteiger partial charge in [-0.2, -0.15) is 0 Å². The quantitative estimate of drug-likeness (QED) is 0.802.